The highest BCUT2D eigenvalue weighted by Gasteiger charge is 2.25. The first-order valence-corrected chi connectivity index (χ1v) is 7.36. The summed E-state index contributed by atoms with van der Waals surface area (Å²) in [6.45, 7) is 4.28. The van der Waals surface area contributed by atoms with Gasteiger partial charge in [-0.1, -0.05) is 32.3 Å². The largest absolute Gasteiger partial charge is 0.508 e. The van der Waals surface area contributed by atoms with E-state index in [2.05, 4.69) is 12.2 Å². The minimum Gasteiger partial charge on any atom is -0.508 e. The van der Waals surface area contributed by atoms with Gasteiger partial charge in [0.25, 0.3) is 0 Å². The highest BCUT2D eigenvalue weighted by atomic mass is 19.1. The van der Waals surface area contributed by atoms with Crippen LogP contribution in [0.25, 0.3) is 0 Å². The van der Waals surface area contributed by atoms with E-state index in [1.54, 1.807) is 6.07 Å². The Morgan fingerprint density at radius 2 is 2.11 bits per heavy atom. The molecular weight excluding hydrogens is 241 g/mol. The SMILES string of the molecule is CCC1CCCCC1NC(C)c1ccc(F)cc1O. The molecule has 0 saturated heterocycles. The van der Waals surface area contributed by atoms with Crippen LogP contribution >= 0.6 is 0 Å². The minimum absolute atomic E-state index is 0.0452. The van der Waals surface area contributed by atoms with Crippen LogP contribution in [0.3, 0.4) is 0 Å². The molecule has 1 aliphatic rings. The Labute approximate surface area is 115 Å². The van der Waals surface area contributed by atoms with Gasteiger partial charge in [0.1, 0.15) is 11.6 Å². The third-order valence-electron chi connectivity index (χ3n) is 4.36. The number of phenols is 1. The minimum atomic E-state index is -0.391. The van der Waals surface area contributed by atoms with Gasteiger partial charge in [-0.2, -0.15) is 0 Å². The maximum Gasteiger partial charge on any atom is 0.126 e. The topological polar surface area (TPSA) is 32.3 Å². The number of hydrogen-bond acceptors (Lipinski definition) is 2. The Bertz CT molecular complexity index is 421. The number of nitrogens with one attached hydrogen (secondary N) is 1. The normalized spacial score (nSPS) is 25.2. The monoisotopic (exact) mass is 265 g/mol. The lowest BCUT2D eigenvalue weighted by molar-refractivity contribution is 0.239. The van der Waals surface area contributed by atoms with E-state index >= 15 is 0 Å². The summed E-state index contributed by atoms with van der Waals surface area (Å²) in [4.78, 5) is 0. The van der Waals surface area contributed by atoms with Gasteiger partial charge < -0.3 is 10.4 Å². The fourth-order valence-electron chi connectivity index (χ4n) is 3.21. The summed E-state index contributed by atoms with van der Waals surface area (Å²) < 4.78 is 13.0. The molecule has 1 saturated carbocycles. The van der Waals surface area contributed by atoms with Gasteiger partial charge in [-0.05, 0) is 31.7 Å². The third kappa shape index (κ3) is 3.47. The van der Waals surface area contributed by atoms with Crippen LogP contribution in [0, 0.1) is 11.7 Å². The molecule has 0 bridgehead atoms. The average molecular weight is 265 g/mol. The molecule has 3 heteroatoms. The van der Waals surface area contributed by atoms with E-state index in [9.17, 15) is 9.50 Å². The van der Waals surface area contributed by atoms with E-state index in [1.807, 2.05) is 6.92 Å². The Morgan fingerprint density at radius 1 is 1.37 bits per heavy atom. The van der Waals surface area contributed by atoms with Crippen LogP contribution in [0.15, 0.2) is 18.2 Å². The van der Waals surface area contributed by atoms with Gasteiger partial charge in [0.05, 0.1) is 0 Å². The second kappa shape index (κ2) is 6.38. The maximum absolute atomic E-state index is 13.0. The number of phenolic OH excluding ortho intramolecular Hbond substituents is 1. The summed E-state index contributed by atoms with van der Waals surface area (Å²) in [7, 11) is 0. The Hall–Kier alpha value is -1.09. The molecule has 2 N–H and O–H groups in total. The zero-order chi connectivity index (χ0) is 13.8. The zero-order valence-electron chi connectivity index (χ0n) is 11.8. The first kappa shape index (κ1) is 14.3. The molecule has 0 heterocycles. The summed E-state index contributed by atoms with van der Waals surface area (Å²) >= 11 is 0. The molecule has 1 aromatic carbocycles. The van der Waals surface area contributed by atoms with Crippen molar-refractivity contribution < 1.29 is 9.50 Å². The summed E-state index contributed by atoms with van der Waals surface area (Å²) in [5.74, 6) is 0.375. The molecule has 3 atom stereocenters. The average Bonchev–Trinajstić information content (AvgIpc) is 2.39. The molecule has 0 amide bonds. The molecule has 1 aliphatic carbocycles. The number of halogens is 1. The number of aromatic hydroxyl groups is 1. The van der Waals surface area contributed by atoms with Crippen molar-refractivity contribution in [3.05, 3.63) is 29.6 Å². The van der Waals surface area contributed by atoms with Crippen LogP contribution in [-0.4, -0.2) is 11.1 Å². The van der Waals surface area contributed by atoms with Crippen molar-refractivity contribution in [3.63, 3.8) is 0 Å². The lowest BCUT2D eigenvalue weighted by Crippen LogP contribution is -2.39. The fraction of sp³-hybridized carbons (Fsp3) is 0.625. The molecule has 0 aliphatic heterocycles. The van der Waals surface area contributed by atoms with Gasteiger partial charge in [0.15, 0.2) is 0 Å². The van der Waals surface area contributed by atoms with Crippen molar-refractivity contribution in [3.8, 4) is 5.75 Å². The summed E-state index contributed by atoms with van der Waals surface area (Å²) in [6, 6.07) is 4.83. The predicted octanol–water partition coefficient (Wildman–Crippen LogP) is 4.15. The van der Waals surface area contributed by atoms with Crippen LogP contribution in [0.5, 0.6) is 5.75 Å². The van der Waals surface area contributed by atoms with Crippen LogP contribution in [-0.2, 0) is 0 Å². The van der Waals surface area contributed by atoms with E-state index in [-0.39, 0.29) is 11.8 Å². The van der Waals surface area contributed by atoms with Crippen molar-refractivity contribution in [1.82, 2.24) is 5.32 Å². The molecule has 19 heavy (non-hydrogen) atoms. The van der Waals surface area contributed by atoms with Gasteiger partial charge >= 0.3 is 0 Å². The van der Waals surface area contributed by atoms with E-state index in [4.69, 9.17) is 0 Å². The van der Waals surface area contributed by atoms with Crippen LogP contribution in [0.2, 0.25) is 0 Å². The van der Waals surface area contributed by atoms with E-state index < -0.39 is 5.82 Å². The molecule has 2 rings (SSSR count). The highest BCUT2D eigenvalue weighted by Crippen LogP contribution is 2.31. The molecule has 0 aromatic heterocycles. The number of rotatable bonds is 4. The second-order valence-corrected chi connectivity index (χ2v) is 5.65. The summed E-state index contributed by atoms with van der Waals surface area (Å²) in [5, 5.41) is 13.4. The molecule has 1 fully saturated rings. The molecule has 3 unspecified atom stereocenters. The molecular formula is C16H24FNO. The van der Waals surface area contributed by atoms with E-state index in [1.165, 1.54) is 44.2 Å². The first-order chi connectivity index (χ1) is 9.11. The maximum atomic E-state index is 13.0. The van der Waals surface area contributed by atoms with Gasteiger partial charge in [-0.3, -0.25) is 0 Å². The first-order valence-electron chi connectivity index (χ1n) is 7.36. The van der Waals surface area contributed by atoms with E-state index in [0.717, 1.165) is 11.5 Å². The predicted molar refractivity (Wildman–Crippen MR) is 75.7 cm³/mol. The lowest BCUT2D eigenvalue weighted by Gasteiger charge is -2.34. The lowest BCUT2D eigenvalue weighted by atomic mass is 9.82. The Morgan fingerprint density at radius 3 is 2.79 bits per heavy atom. The molecule has 0 spiro atoms. The highest BCUT2D eigenvalue weighted by molar-refractivity contribution is 5.35. The number of hydrogen-bond donors (Lipinski definition) is 2. The third-order valence-corrected chi connectivity index (χ3v) is 4.36. The van der Waals surface area contributed by atoms with E-state index in [0.29, 0.717) is 6.04 Å². The Balaban J connectivity index is 2.05. The zero-order valence-corrected chi connectivity index (χ0v) is 11.8. The smallest absolute Gasteiger partial charge is 0.126 e. The molecule has 1 aromatic rings. The molecule has 2 nitrogen and oxygen atoms in total. The quantitative estimate of drug-likeness (QED) is 0.857. The van der Waals surface area contributed by atoms with Gasteiger partial charge in [-0.25, -0.2) is 4.39 Å². The van der Waals surface area contributed by atoms with Crippen molar-refractivity contribution in [2.75, 3.05) is 0 Å². The fourth-order valence-corrected chi connectivity index (χ4v) is 3.21. The summed E-state index contributed by atoms with van der Waals surface area (Å²) in [6.07, 6.45) is 6.28. The second-order valence-electron chi connectivity index (χ2n) is 5.65. The van der Waals surface area contributed by atoms with Crippen molar-refractivity contribution in [2.24, 2.45) is 5.92 Å². The Kier molecular flexibility index (Phi) is 4.81. The van der Waals surface area contributed by atoms with Crippen molar-refractivity contribution in [2.45, 2.75) is 58.0 Å². The summed E-state index contributed by atoms with van der Waals surface area (Å²) in [5.41, 5.74) is 0.779. The van der Waals surface area contributed by atoms with Gasteiger partial charge in [-0.15, -0.1) is 0 Å². The standard InChI is InChI=1S/C16H24FNO/c1-3-12-6-4-5-7-15(12)18-11(2)14-9-8-13(17)10-16(14)19/h8-12,15,18-19H,3-7H2,1-2H3. The number of benzene rings is 1. The van der Waals surface area contributed by atoms with Crippen LogP contribution < -0.4 is 5.32 Å². The molecule has 0 radical (unpaired) electrons. The van der Waals surface area contributed by atoms with Gasteiger partial charge in [0, 0.05) is 23.7 Å². The van der Waals surface area contributed by atoms with Crippen LogP contribution in [0.1, 0.15) is 57.6 Å². The van der Waals surface area contributed by atoms with Crippen LogP contribution in [0.4, 0.5) is 4.39 Å². The molecule has 106 valence electrons. The van der Waals surface area contributed by atoms with Crippen molar-refractivity contribution >= 4 is 0 Å². The van der Waals surface area contributed by atoms with Crippen molar-refractivity contribution in [1.29, 1.82) is 0 Å². The van der Waals surface area contributed by atoms with Gasteiger partial charge in [0.2, 0.25) is 0 Å².